The van der Waals surface area contributed by atoms with E-state index in [0.717, 1.165) is 5.56 Å². The molecule has 0 aliphatic carbocycles. The SMILES string of the molecule is Cc1cccc(OC[C@H](O)Cn2c(N3CCOCC3)nc3c2c(=O)[nH]c(=O)n3C)c1. The van der Waals surface area contributed by atoms with Gasteiger partial charge in [0.05, 0.1) is 19.8 Å². The molecule has 1 atom stereocenters. The number of H-pyrrole nitrogens is 1. The Morgan fingerprint density at radius 3 is 2.80 bits per heavy atom. The van der Waals surface area contributed by atoms with E-state index in [1.807, 2.05) is 36.1 Å². The molecular weight excluding hydrogens is 390 g/mol. The molecule has 0 radical (unpaired) electrons. The van der Waals surface area contributed by atoms with Crippen LogP contribution in [0.15, 0.2) is 33.9 Å². The molecule has 160 valence electrons. The van der Waals surface area contributed by atoms with Gasteiger partial charge in [0.2, 0.25) is 5.95 Å². The monoisotopic (exact) mass is 415 g/mol. The molecule has 3 aromatic rings. The van der Waals surface area contributed by atoms with Gasteiger partial charge in [-0.25, -0.2) is 4.79 Å². The molecule has 3 heterocycles. The number of hydrogen-bond donors (Lipinski definition) is 2. The normalized spacial score (nSPS) is 15.5. The molecule has 2 aromatic heterocycles. The number of fused-ring (bicyclic) bond motifs is 1. The number of aromatic nitrogens is 4. The molecule has 0 spiro atoms. The lowest BCUT2D eigenvalue weighted by molar-refractivity contribution is 0.0927. The van der Waals surface area contributed by atoms with Crippen molar-refractivity contribution in [3.8, 4) is 5.75 Å². The van der Waals surface area contributed by atoms with E-state index in [9.17, 15) is 14.7 Å². The predicted molar refractivity (Wildman–Crippen MR) is 111 cm³/mol. The topological polar surface area (TPSA) is 115 Å². The third-order valence-electron chi connectivity index (χ3n) is 5.11. The van der Waals surface area contributed by atoms with E-state index < -0.39 is 17.4 Å². The summed E-state index contributed by atoms with van der Waals surface area (Å²) in [6.45, 7) is 4.39. The molecule has 0 amide bonds. The number of aryl methyl sites for hydroxylation is 2. The Hall–Kier alpha value is -3.11. The number of aromatic amines is 1. The Morgan fingerprint density at radius 1 is 1.30 bits per heavy atom. The number of aliphatic hydroxyl groups is 1. The molecule has 1 fully saturated rings. The summed E-state index contributed by atoms with van der Waals surface area (Å²) in [5.41, 5.74) is 0.510. The minimum atomic E-state index is -0.890. The number of aliphatic hydroxyl groups excluding tert-OH is 1. The van der Waals surface area contributed by atoms with Crippen molar-refractivity contribution in [3.05, 3.63) is 50.7 Å². The Morgan fingerprint density at radius 2 is 2.07 bits per heavy atom. The first-order valence-electron chi connectivity index (χ1n) is 9.84. The van der Waals surface area contributed by atoms with Crippen LogP contribution >= 0.6 is 0 Å². The van der Waals surface area contributed by atoms with Gasteiger partial charge in [0.1, 0.15) is 18.5 Å². The zero-order chi connectivity index (χ0) is 21.3. The minimum absolute atomic E-state index is 0.0509. The number of hydrogen-bond acceptors (Lipinski definition) is 7. The summed E-state index contributed by atoms with van der Waals surface area (Å²) in [6, 6.07) is 7.56. The molecular formula is C20H25N5O5. The fourth-order valence-corrected chi connectivity index (χ4v) is 3.56. The van der Waals surface area contributed by atoms with E-state index in [-0.39, 0.29) is 24.3 Å². The fourth-order valence-electron chi connectivity index (χ4n) is 3.56. The van der Waals surface area contributed by atoms with E-state index in [1.165, 1.54) is 4.57 Å². The first-order chi connectivity index (χ1) is 14.4. The van der Waals surface area contributed by atoms with E-state index >= 15 is 0 Å². The number of imidazole rings is 1. The lowest BCUT2D eigenvalue weighted by Gasteiger charge is -2.28. The summed E-state index contributed by atoms with van der Waals surface area (Å²) >= 11 is 0. The van der Waals surface area contributed by atoms with E-state index in [0.29, 0.717) is 38.0 Å². The van der Waals surface area contributed by atoms with Crippen molar-refractivity contribution in [3.63, 3.8) is 0 Å². The quantitative estimate of drug-likeness (QED) is 0.583. The van der Waals surface area contributed by atoms with Crippen LogP contribution in [-0.4, -0.2) is 63.2 Å². The minimum Gasteiger partial charge on any atom is -0.491 e. The van der Waals surface area contributed by atoms with Gasteiger partial charge in [-0.05, 0) is 24.6 Å². The zero-order valence-electron chi connectivity index (χ0n) is 17.0. The van der Waals surface area contributed by atoms with Crippen molar-refractivity contribution < 1.29 is 14.6 Å². The van der Waals surface area contributed by atoms with Crippen molar-refractivity contribution in [2.45, 2.75) is 19.6 Å². The average molecular weight is 415 g/mol. The second kappa shape index (κ2) is 8.33. The molecule has 1 saturated heterocycles. The van der Waals surface area contributed by atoms with Gasteiger partial charge in [0.15, 0.2) is 11.2 Å². The molecule has 30 heavy (non-hydrogen) atoms. The third-order valence-corrected chi connectivity index (χ3v) is 5.11. The van der Waals surface area contributed by atoms with Crippen molar-refractivity contribution in [1.82, 2.24) is 19.1 Å². The summed E-state index contributed by atoms with van der Waals surface area (Å²) in [6.07, 6.45) is -0.890. The third kappa shape index (κ3) is 3.96. The van der Waals surface area contributed by atoms with Gasteiger partial charge in [0.25, 0.3) is 5.56 Å². The summed E-state index contributed by atoms with van der Waals surface area (Å²) in [5, 5.41) is 10.7. The molecule has 1 aromatic carbocycles. The molecule has 10 heteroatoms. The van der Waals surface area contributed by atoms with Gasteiger partial charge in [0, 0.05) is 20.1 Å². The zero-order valence-corrected chi connectivity index (χ0v) is 17.0. The van der Waals surface area contributed by atoms with Crippen LogP contribution in [0.25, 0.3) is 11.2 Å². The Labute approximate surface area is 172 Å². The molecule has 1 aliphatic rings. The standard InChI is InChI=1S/C20H25N5O5/c1-13-4-3-5-15(10-13)30-12-14(26)11-25-16-17(23(2)20(28)22-18(16)27)21-19(25)24-6-8-29-9-7-24/h3-5,10,14,26H,6-9,11-12H2,1-2H3,(H,22,27,28)/t14-/m1/s1. The highest BCUT2D eigenvalue weighted by molar-refractivity contribution is 5.74. The van der Waals surface area contributed by atoms with Crippen LogP contribution in [0.5, 0.6) is 5.75 Å². The first kappa shape index (κ1) is 20.2. The Balaban J connectivity index is 1.66. The van der Waals surface area contributed by atoms with Gasteiger partial charge >= 0.3 is 5.69 Å². The summed E-state index contributed by atoms with van der Waals surface area (Å²) in [5.74, 6) is 1.19. The van der Waals surface area contributed by atoms with Gasteiger partial charge in [-0.1, -0.05) is 12.1 Å². The predicted octanol–water partition coefficient (Wildman–Crippen LogP) is 0.00822. The van der Waals surface area contributed by atoms with Gasteiger partial charge in [-0.3, -0.25) is 14.3 Å². The lowest BCUT2D eigenvalue weighted by atomic mass is 10.2. The molecule has 0 saturated carbocycles. The molecule has 4 rings (SSSR count). The maximum atomic E-state index is 12.6. The lowest BCUT2D eigenvalue weighted by Crippen LogP contribution is -2.39. The fraction of sp³-hybridized carbons (Fsp3) is 0.450. The van der Waals surface area contributed by atoms with E-state index in [4.69, 9.17) is 9.47 Å². The number of morpholine rings is 1. The van der Waals surface area contributed by atoms with Crippen molar-refractivity contribution in [2.75, 3.05) is 37.8 Å². The van der Waals surface area contributed by atoms with Crippen LogP contribution in [0, 0.1) is 6.92 Å². The Kier molecular flexibility index (Phi) is 5.60. The maximum Gasteiger partial charge on any atom is 0.329 e. The molecule has 0 bridgehead atoms. The summed E-state index contributed by atoms with van der Waals surface area (Å²) in [4.78, 5) is 33.5. The van der Waals surface area contributed by atoms with Gasteiger partial charge in [-0.15, -0.1) is 0 Å². The highest BCUT2D eigenvalue weighted by Crippen LogP contribution is 2.21. The van der Waals surface area contributed by atoms with Crippen molar-refractivity contribution in [2.24, 2.45) is 7.05 Å². The van der Waals surface area contributed by atoms with E-state index in [2.05, 4.69) is 9.97 Å². The van der Waals surface area contributed by atoms with E-state index in [1.54, 1.807) is 11.6 Å². The number of anilines is 1. The molecule has 2 N–H and O–H groups in total. The molecule has 1 aliphatic heterocycles. The largest absolute Gasteiger partial charge is 0.491 e. The van der Waals surface area contributed by atoms with Crippen LogP contribution in [-0.2, 0) is 18.3 Å². The summed E-state index contributed by atoms with van der Waals surface area (Å²) in [7, 11) is 1.55. The maximum absolute atomic E-state index is 12.6. The number of nitrogens with zero attached hydrogens (tertiary/aromatic N) is 4. The molecule has 0 unspecified atom stereocenters. The van der Waals surface area contributed by atoms with Gasteiger partial charge in [-0.2, -0.15) is 4.98 Å². The highest BCUT2D eigenvalue weighted by atomic mass is 16.5. The van der Waals surface area contributed by atoms with Crippen LogP contribution in [0.4, 0.5) is 5.95 Å². The Bertz CT molecular complexity index is 1160. The first-order valence-corrected chi connectivity index (χ1v) is 9.84. The smallest absolute Gasteiger partial charge is 0.329 e. The average Bonchev–Trinajstić information content (AvgIpc) is 3.11. The number of nitrogens with one attached hydrogen (secondary N) is 1. The second-order valence-electron chi connectivity index (χ2n) is 7.39. The van der Waals surface area contributed by atoms with Crippen LogP contribution in [0.3, 0.4) is 0 Å². The van der Waals surface area contributed by atoms with Crippen molar-refractivity contribution in [1.29, 1.82) is 0 Å². The number of rotatable bonds is 6. The number of benzene rings is 1. The van der Waals surface area contributed by atoms with Crippen LogP contribution < -0.4 is 20.9 Å². The number of ether oxygens (including phenoxy) is 2. The highest BCUT2D eigenvalue weighted by Gasteiger charge is 2.24. The van der Waals surface area contributed by atoms with Crippen LogP contribution in [0.2, 0.25) is 0 Å². The molecule has 10 nitrogen and oxygen atoms in total. The van der Waals surface area contributed by atoms with Gasteiger partial charge < -0.3 is 24.0 Å². The van der Waals surface area contributed by atoms with Crippen molar-refractivity contribution >= 4 is 17.1 Å². The van der Waals surface area contributed by atoms with Crippen LogP contribution in [0.1, 0.15) is 5.56 Å². The summed E-state index contributed by atoms with van der Waals surface area (Å²) < 4.78 is 14.1. The second-order valence-corrected chi connectivity index (χ2v) is 7.39.